The van der Waals surface area contributed by atoms with Gasteiger partial charge in [-0.2, -0.15) is 10.1 Å². The van der Waals surface area contributed by atoms with Crippen LogP contribution in [0.3, 0.4) is 0 Å². The topological polar surface area (TPSA) is 39.4 Å². The van der Waals surface area contributed by atoms with Gasteiger partial charge in [0, 0.05) is 12.1 Å². The van der Waals surface area contributed by atoms with Crippen LogP contribution in [0.1, 0.15) is 11.3 Å². The van der Waals surface area contributed by atoms with Crippen LogP contribution in [0.4, 0.5) is 0 Å². The number of hydrogen-bond acceptors (Lipinski definition) is 3. The number of fused-ring (bicyclic) bond motifs is 1. The van der Waals surface area contributed by atoms with E-state index in [9.17, 15) is 0 Å². The van der Waals surface area contributed by atoms with E-state index in [2.05, 4.69) is 16.7 Å². The number of allylic oxidation sites excluding steroid dienone is 1. The summed E-state index contributed by atoms with van der Waals surface area (Å²) >= 11 is 0. The lowest BCUT2D eigenvalue weighted by Crippen LogP contribution is -2.02. The van der Waals surface area contributed by atoms with Crippen molar-refractivity contribution in [2.45, 2.75) is 13.0 Å². The Hall–Kier alpha value is -2.62. The van der Waals surface area contributed by atoms with Crippen LogP contribution in [-0.4, -0.2) is 14.6 Å². The average Bonchev–Trinajstić information content (AvgIpc) is 2.91. The molecule has 3 aromatic rings. The fourth-order valence-electron chi connectivity index (χ4n) is 2.10. The minimum absolute atomic E-state index is 0.496. The fraction of sp³-hybridized carbons (Fsp3) is 0.125. The summed E-state index contributed by atoms with van der Waals surface area (Å²) in [4.78, 5) is 4.22. The lowest BCUT2D eigenvalue weighted by atomic mass is 10.2. The van der Waals surface area contributed by atoms with Crippen LogP contribution in [0.2, 0.25) is 0 Å². The minimum Gasteiger partial charge on any atom is -0.471 e. The van der Waals surface area contributed by atoms with Crippen molar-refractivity contribution in [3.05, 3.63) is 72.7 Å². The highest BCUT2D eigenvalue weighted by atomic mass is 16.5. The summed E-state index contributed by atoms with van der Waals surface area (Å²) in [7, 11) is 0. The molecule has 0 spiro atoms. The monoisotopic (exact) mass is 265 g/mol. The van der Waals surface area contributed by atoms with E-state index in [0.717, 1.165) is 23.2 Å². The molecule has 1 aromatic carbocycles. The normalized spacial score (nSPS) is 10.6. The summed E-state index contributed by atoms with van der Waals surface area (Å²) in [5.41, 5.74) is 3.06. The molecule has 0 amide bonds. The Labute approximate surface area is 117 Å². The molecule has 100 valence electrons. The number of rotatable bonds is 5. The second-order valence-electron chi connectivity index (χ2n) is 4.45. The van der Waals surface area contributed by atoms with Crippen LogP contribution in [0.25, 0.3) is 5.52 Å². The molecule has 0 saturated heterocycles. The summed E-state index contributed by atoms with van der Waals surface area (Å²) in [5, 5.41) is 4.25. The standard InChI is InChI=1S/C16H15N3O/c1-2-6-14-9-10-15-16(17-12-18-19(14)15)20-11-13-7-4-3-5-8-13/h2-5,7-10,12H,1,6,11H2. The molecular formula is C16H15N3O. The predicted octanol–water partition coefficient (Wildman–Crippen LogP) is 3.04. The predicted molar refractivity (Wildman–Crippen MR) is 77.7 cm³/mol. The van der Waals surface area contributed by atoms with Crippen molar-refractivity contribution < 1.29 is 4.74 Å². The van der Waals surface area contributed by atoms with Crippen LogP contribution >= 0.6 is 0 Å². The minimum atomic E-state index is 0.496. The highest BCUT2D eigenvalue weighted by Crippen LogP contribution is 2.19. The van der Waals surface area contributed by atoms with E-state index < -0.39 is 0 Å². The van der Waals surface area contributed by atoms with Crippen LogP contribution in [0.15, 0.2) is 61.4 Å². The Balaban J connectivity index is 1.86. The third kappa shape index (κ3) is 2.40. The van der Waals surface area contributed by atoms with Gasteiger partial charge < -0.3 is 4.74 Å². The molecule has 2 aromatic heterocycles. The van der Waals surface area contributed by atoms with Gasteiger partial charge in [-0.1, -0.05) is 36.4 Å². The zero-order chi connectivity index (χ0) is 13.8. The van der Waals surface area contributed by atoms with E-state index in [0.29, 0.717) is 12.5 Å². The summed E-state index contributed by atoms with van der Waals surface area (Å²) < 4.78 is 7.64. The van der Waals surface area contributed by atoms with Gasteiger partial charge in [0.05, 0.1) is 0 Å². The Bertz CT molecular complexity index is 719. The maximum Gasteiger partial charge on any atom is 0.241 e. The first kappa shape index (κ1) is 12.4. The summed E-state index contributed by atoms with van der Waals surface area (Å²) in [5.74, 6) is 0.596. The number of hydrogen-bond donors (Lipinski definition) is 0. The molecule has 4 nitrogen and oxygen atoms in total. The van der Waals surface area contributed by atoms with Crippen LogP contribution in [0.5, 0.6) is 5.88 Å². The molecule has 0 aliphatic carbocycles. The van der Waals surface area contributed by atoms with Gasteiger partial charge in [-0.15, -0.1) is 6.58 Å². The Morgan fingerprint density at radius 3 is 2.80 bits per heavy atom. The zero-order valence-electron chi connectivity index (χ0n) is 11.1. The first-order chi connectivity index (χ1) is 9.88. The first-order valence-electron chi connectivity index (χ1n) is 6.47. The highest BCUT2D eigenvalue weighted by molar-refractivity contribution is 5.57. The Morgan fingerprint density at radius 1 is 1.15 bits per heavy atom. The van der Waals surface area contributed by atoms with Gasteiger partial charge in [-0.3, -0.25) is 0 Å². The SMILES string of the molecule is C=CCc1ccc2c(OCc3ccccc3)ncnn12. The van der Waals surface area contributed by atoms with Gasteiger partial charge in [-0.25, -0.2) is 4.52 Å². The Morgan fingerprint density at radius 2 is 2.00 bits per heavy atom. The van der Waals surface area contributed by atoms with Crippen molar-refractivity contribution in [1.82, 2.24) is 14.6 Å². The molecule has 0 fully saturated rings. The largest absolute Gasteiger partial charge is 0.471 e. The second-order valence-corrected chi connectivity index (χ2v) is 4.45. The zero-order valence-corrected chi connectivity index (χ0v) is 11.1. The smallest absolute Gasteiger partial charge is 0.241 e. The van der Waals surface area contributed by atoms with Gasteiger partial charge in [0.25, 0.3) is 0 Å². The summed E-state index contributed by atoms with van der Waals surface area (Å²) in [6.45, 7) is 4.25. The van der Waals surface area contributed by atoms with Crippen molar-refractivity contribution in [2.75, 3.05) is 0 Å². The molecule has 20 heavy (non-hydrogen) atoms. The van der Waals surface area contributed by atoms with Crippen LogP contribution in [0, 0.1) is 0 Å². The lowest BCUT2D eigenvalue weighted by Gasteiger charge is -2.07. The molecule has 0 bridgehead atoms. The number of ether oxygens (including phenoxy) is 1. The number of benzene rings is 1. The van der Waals surface area contributed by atoms with Crippen molar-refractivity contribution >= 4 is 5.52 Å². The summed E-state index contributed by atoms with van der Waals surface area (Å²) in [6.07, 6.45) is 4.14. The fourth-order valence-corrected chi connectivity index (χ4v) is 2.10. The molecule has 0 N–H and O–H groups in total. The van der Waals surface area contributed by atoms with Gasteiger partial charge >= 0.3 is 0 Å². The van der Waals surface area contributed by atoms with E-state index >= 15 is 0 Å². The molecule has 2 heterocycles. The highest BCUT2D eigenvalue weighted by Gasteiger charge is 2.08. The molecule has 4 heteroatoms. The van der Waals surface area contributed by atoms with E-state index in [1.165, 1.54) is 6.33 Å². The van der Waals surface area contributed by atoms with Crippen molar-refractivity contribution in [3.8, 4) is 5.88 Å². The molecule has 0 saturated carbocycles. The Kier molecular flexibility index (Phi) is 3.46. The van der Waals surface area contributed by atoms with E-state index in [1.807, 2.05) is 53.1 Å². The molecule has 3 rings (SSSR count). The van der Waals surface area contributed by atoms with E-state index in [4.69, 9.17) is 4.74 Å². The van der Waals surface area contributed by atoms with Crippen molar-refractivity contribution in [3.63, 3.8) is 0 Å². The quantitative estimate of drug-likeness (QED) is 0.666. The number of nitrogens with zero attached hydrogens (tertiary/aromatic N) is 3. The third-order valence-electron chi connectivity index (χ3n) is 3.07. The van der Waals surface area contributed by atoms with Gasteiger partial charge in [0.2, 0.25) is 5.88 Å². The number of aromatic nitrogens is 3. The summed E-state index contributed by atoms with van der Waals surface area (Å²) in [6, 6.07) is 14.0. The van der Waals surface area contributed by atoms with Crippen LogP contribution < -0.4 is 4.74 Å². The van der Waals surface area contributed by atoms with Gasteiger partial charge in [0.1, 0.15) is 18.5 Å². The first-order valence-corrected chi connectivity index (χ1v) is 6.47. The van der Waals surface area contributed by atoms with Crippen molar-refractivity contribution in [2.24, 2.45) is 0 Å². The van der Waals surface area contributed by atoms with Gasteiger partial charge in [-0.05, 0) is 17.7 Å². The third-order valence-corrected chi connectivity index (χ3v) is 3.07. The lowest BCUT2D eigenvalue weighted by molar-refractivity contribution is 0.295. The van der Waals surface area contributed by atoms with Gasteiger partial charge in [0.15, 0.2) is 0 Å². The molecule has 0 unspecified atom stereocenters. The maximum atomic E-state index is 5.80. The molecule has 0 aliphatic rings. The van der Waals surface area contributed by atoms with E-state index in [-0.39, 0.29) is 0 Å². The molecule has 0 atom stereocenters. The van der Waals surface area contributed by atoms with E-state index in [1.54, 1.807) is 0 Å². The maximum absolute atomic E-state index is 5.80. The van der Waals surface area contributed by atoms with Crippen LogP contribution in [-0.2, 0) is 13.0 Å². The molecular weight excluding hydrogens is 250 g/mol. The second kappa shape index (κ2) is 5.57. The van der Waals surface area contributed by atoms with Crippen molar-refractivity contribution in [1.29, 1.82) is 0 Å². The molecule has 0 radical (unpaired) electrons. The average molecular weight is 265 g/mol. The molecule has 0 aliphatic heterocycles.